The molecule has 0 unspecified atom stereocenters. The van der Waals surface area contributed by atoms with Crippen molar-refractivity contribution in [1.82, 2.24) is 4.98 Å². The van der Waals surface area contributed by atoms with Crippen LogP contribution in [0.15, 0.2) is 18.2 Å². The number of hydrogen-bond donors (Lipinski definition) is 1. The lowest BCUT2D eigenvalue weighted by Crippen LogP contribution is -2.11. The lowest BCUT2D eigenvalue weighted by atomic mass is 10.1. The van der Waals surface area contributed by atoms with Gasteiger partial charge in [0.25, 0.3) is 0 Å². The van der Waals surface area contributed by atoms with Crippen molar-refractivity contribution >= 4 is 28.5 Å². The van der Waals surface area contributed by atoms with Gasteiger partial charge in [0.2, 0.25) is 0 Å². The maximum Gasteiger partial charge on any atom is 0.433 e. The first-order chi connectivity index (χ1) is 8.70. The minimum atomic E-state index is -4.82. The third kappa shape index (κ3) is 2.46. The molecule has 8 heteroatoms. The van der Waals surface area contributed by atoms with Crippen molar-refractivity contribution in [2.75, 3.05) is 0 Å². The first-order valence-corrected chi connectivity index (χ1v) is 5.18. The minimum Gasteiger partial charge on any atom is -0.478 e. The number of fused-ring (bicyclic) bond motifs is 1. The van der Waals surface area contributed by atoms with Crippen LogP contribution in [0.25, 0.3) is 10.9 Å². The van der Waals surface area contributed by atoms with E-state index < -0.39 is 39.8 Å². The highest BCUT2D eigenvalue weighted by atomic mass is 35.5. The SMILES string of the molecule is O=C(O)c1cc(C(F)(F)F)nc2cc(F)c(Cl)cc12. The Hall–Kier alpha value is -1.89. The van der Waals surface area contributed by atoms with Crippen LogP contribution in [-0.2, 0) is 6.18 Å². The van der Waals surface area contributed by atoms with Crippen LogP contribution >= 0.6 is 11.6 Å². The van der Waals surface area contributed by atoms with Gasteiger partial charge in [-0.25, -0.2) is 14.2 Å². The molecule has 0 bridgehead atoms. The van der Waals surface area contributed by atoms with Gasteiger partial charge in [0, 0.05) is 11.5 Å². The summed E-state index contributed by atoms with van der Waals surface area (Å²) in [6.45, 7) is 0. The minimum absolute atomic E-state index is 0.160. The van der Waals surface area contributed by atoms with E-state index >= 15 is 0 Å². The highest BCUT2D eigenvalue weighted by Gasteiger charge is 2.34. The molecule has 0 atom stereocenters. The van der Waals surface area contributed by atoms with Crippen LogP contribution in [0.4, 0.5) is 17.6 Å². The molecular formula is C11H4ClF4NO2. The number of halogens is 5. The number of nitrogens with zero attached hydrogens (tertiary/aromatic N) is 1. The molecule has 19 heavy (non-hydrogen) atoms. The van der Waals surface area contributed by atoms with Crippen molar-refractivity contribution in [1.29, 1.82) is 0 Å². The summed E-state index contributed by atoms with van der Waals surface area (Å²) in [5.74, 6) is -2.56. The molecule has 0 saturated carbocycles. The average molecular weight is 294 g/mol. The lowest BCUT2D eigenvalue weighted by molar-refractivity contribution is -0.141. The summed E-state index contributed by atoms with van der Waals surface area (Å²) in [5.41, 5.74) is -2.47. The van der Waals surface area contributed by atoms with Gasteiger partial charge >= 0.3 is 12.1 Å². The lowest BCUT2D eigenvalue weighted by Gasteiger charge is -2.10. The number of benzene rings is 1. The summed E-state index contributed by atoms with van der Waals surface area (Å²) in [4.78, 5) is 14.2. The van der Waals surface area contributed by atoms with Gasteiger partial charge in [-0.2, -0.15) is 13.2 Å². The number of rotatable bonds is 1. The van der Waals surface area contributed by atoms with Crippen molar-refractivity contribution in [3.8, 4) is 0 Å². The maximum absolute atomic E-state index is 13.2. The molecule has 0 fully saturated rings. The molecule has 0 aliphatic rings. The summed E-state index contributed by atoms with van der Waals surface area (Å²) in [5, 5.41) is 8.35. The van der Waals surface area contributed by atoms with Gasteiger partial charge in [-0.05, 0) is 12.1 Å². The molecule has 0 spiro atoms. The second-order valence-electron chi connectivity index (χ2n) is 3.64. The zero-order valence-corrected chi connectivity index (χ0v) is 9.68. The highest BCUT2D eigenvalue weighted by Crippen LogP contribution is 2.32. The first-order valence-electron chi connectivity index (χ1n) is 4.80. The molecule has 0 aliphatic heterocycles. The molecule has 2 aromatic rings. The van der Waals surface area contributed by atoms with E-state index in [0.29, 0.717) is 12.1 Å². The summed E-state index contributed by atoms with van der Waals surface area (Å²) in [7, 11) is 0. The van der Waals surface area contributed by atoms with E-state index in [9.17, 15) is 22.4 Å². The molecule has 1 N–H and O–H groups in total. The second kappa shape index (κ2) is 4.34. The Morgan fingerprint density at radius 1 is 1.26 bits per heavy atom. The van der Waals surface area contributed by atoms with E-state index in [1.54, 1.807) is 0 Å². The third-order valence-corrected chi connectivity index (χ3v) is 2.66. The molecule has 0 aliphatic carbocycles. The molecule has 3 nitrogen and oxygen atoms in total. The van der Waals surface area contributed by atoms with E-state index in [-0.39, 0.29) is 5.39 Å². The Morgan fingerprint density at radius 2 is 1.89 bits per heavy atom. The van der Waals surface area contributed by atoms with E-state index in [4.69, 9.17) is 16.7 Å². The summed E-state index contributed by atoms with van der Waals surface area (Å²) >= 11 is 5.48. The van der Waals surface area contributed by atoms with Crippen LogP contribution in [0, 0.1) is 5.82 Å². The van der Waals surface area contributed by atoms with Gasteiger partial charge in [0.05, 0.1) is 16.1 Å². The third-order valence-electron chi connectivity index (χ3n) is 2.37. The average Bonchev–Trinajstić information content (AvgIpc) is 2.27. The van der Waals surface area contributed by atoms with Gasteiger partial charge in [-0.15, -0.1) is 0 Å². The summed E-state index contributed by atoms with van der Waals surface area (Å²) in [6, 6.07) is 1.99. The number of aromatic carboxylic acids is 1. The fourth-order valence-electron chi connectivity index (χ4n) is 1.54. The zero-order valence-electron chi connectivity index (χ0n) is 8.92. The zero-order chi connectivity index (χ0) is 14.4. The monoisotopic (exact) mass is 293 g/mol. The number of hydrogen-bond acceptors (Lipinski definition) is 2. The van der Waals surface area contributed by atoms with E-state index in [0.717, 1.165) is 6.07 Å². The Morgan fingerprint density at radius 3 is 2.42 bits per heavy atom. The Balaban J connectivity index is 2.88. The van der Waals surface area contributed by atoms with Gasteiger partial charge in [-0.1, -0.05) is 11.6 Å². The number of alkyl halides is 3. The topological polar surface area (TPSA) is 50.2 Å². The van der Waals surface area contributed by atoms with E-state index in [1.807, 2.05) is 0 Å². The molecule has 0 saturated heterocycles. The fraction of sp³-hybridized carbons (Fsp3) is 0.0909. The molecule has 1 aromatic heterocycles. The molecule has 100 valence electrons. The fourth-order valence-corrected chi connectivity index (χ4v) is 1.71. The normalized spacial score (nSPS) is 11.8. The number of pyridine rings is 1. The Kier molecular flexibility index (Phi) is 3.09. The number of carboxylic acids is 1. The van der Waals surface area contributed by atoms with Crippen molar-refractivity contribution in [2.24, 2.45) is 0 Å². The van der Waals surface area contributed by atoms with Gasteiger partial charge in [0.1, 0.15) is 11.5 Å². The van der Waals surface area contributed by atoms with Crippen LogP contribution in [0.1, 0.15) is 16.1 Å². The smallest absolute Gasteiger partial charge is 0.433 e. The molecule has 1 aromatic carbocycles. The standard InChI is InChI=1S/C11H4ClF4NO2/c12-6-1-4-5(10(18)19)2-9(11(14,15)16)17-8(4)3-7(6)13/h1-3H,(H,18,19). The number of carbonyl (C=O) groups is 1. The van der Waals surface area contributed by atoms with Crippen LogP contribution in [-0.4, -0.2) is 16.1 Å². The second-order valence-corrected chi connectivity index (χ2v) is 4.05. The van der Waals surface area contributed by atoms with Crippen LogP contribution in [0.5, 0.6) is 0 Å². The predicted molar refractivity (Wildman–Crippen MR) is 58.7 cm³/mol. The Labute approximate surface area is 108 Å². The number of carboxylic acid groups (broad SMARTS) is 1. The van der Waals surface area contributed by atoms with E-state index in [2.05, 4.69) is 4.98 Å². The number of aromatic nitrogens is 1. The predicted octanol–water partition coefficient (Wildman–Crippen LogP) is 3.74. The molecular weight excluding hydrogens is 290 g/mol. The van der Waals surface area contributed by atoms with Crippen molar-refractivity contribution < 1.29 is 27.5 Å². The summed E-state index contributed by atoms with van der Waals surface area (Å²) in [6.07, 6.45) is -4.82. The van der Waals surface area contributed by atoms with Gasteiger partial charge in [0.15, 0.2) is 0 Å². The molecule has 0 radical (unpaired) electrons. The quantitative estimate of drug-likeness (QED) is 0.815. The molecule has 2 rings (SSSR count). The van der Waals surface area contributed by atoms with Crippen LogP contribution < -0.4 is 0 Å². The van der Waals surface area contributed by atoms with Crippen LogP contribution in [0.2, 0.25) is 5.02 Å². The van der Waals surface area contributed by atoms with Crippen molar-refractivity contribution in [2.45, 2.75) is 6.18 Å². The summed E-state index contributed by atoms with van der Waals surface area (Å²) < 4.78 is 50.9. The van der Waals surface area contributed by atoms with Crippen molar-refractivity contribution in [3.63, 3.8) is 0 Å². The Bertz CT molecular complexity index is 684. The van der Waals surface area contributed by atoms with Crippen molar-refractivity contribution in [3.05, 3.63) is 40.3 Å². The molecule has 0 amide bonds. The van der Waals surface area contributed by atoms with Gasteiger partial charge in [-0.3, -0.25) is 0 Å². The first kappa shape index (κ1) is 13.5. The van der Waals surface area contributed by atoms with Gasteiger partial charge < -0.3 is 5.11 Å². The highest BCUT2D eigenvalue weighted by molar-refractivity contribution is 6.31. The maximum atomic E-state index is 13.2. The largest absolute Gasteiger partial charge is 0.478 e. The molecule has 1 heterocycles. The van der Waals surface area contributed by atoms with E-state index in [1.165, 1.54) is 0 Å². The van der Waals surface area contributed by atoms with Crippen LogP contribution in [0.3, 0.4) is 0 Å².